The molecule has 1 aromatic heterocycles. The van der Waals surface area contributed by atoms with Gasteiger partial charge in [-0.2, -0.15) is 0 Å². The number of hydrogen-bond acceptors (Lipinski definition) is 4. The molecule has 0 spiro atoms. The molecule has 5 nitrogen and oxygen atoms in total. The highest BCUT2D eigenvalue weighted by Gasteiger charge is 2.07. The topological polar surface area (TPSA) is 80.9 Å². The summed E-state index contributed by atoms with van der Waals surface area (Å²) in [4.78, 5) is 18.4. The first-order valence-electron chi connectivity index (χ1n) is 3.52. The number of rotatable bonds is 3. The summed E-state index contributed by atoms with van der Waals surface area (Å²) >= 11 is 0. The molecule has 0 radical (unpaired) electrons. The van der Waals surface area contributed by atoms with Gasteiger partial charge in [-0.05, 0) is 6.92 Å². The van der Waals surface area contributed by atoms with Crippen LogP contribution in [0.2, 0.25) is 0 Å². The zero-order valence-corrected chi connectivity index (χ0v) is 6.69. The van der Waals surface area contributed by atoms with Gasteiger partial charge in [-0.25, -0.2) is 4.98 Å². The number of nitrogens with two attached hydrogens (primary N) is 1. The van der Waals surface area contributed by atoms with E-state index < -0.39 is 11.9 Å². The van der Waals surface area contributed by atoms with Crippen molar-refractivity contribution >= 4 is 11.7 Å². The maximum atomic E-state index is 10.6. The van der Waals surface area contributed by atoms with E-state index in [2.05, 4.69) is 15.3 Å². The standard InChI is InChI=1S/C7H10N4O/c1-5(7(8)12)11-6-4-9-2-3-10-6/h2-5H,1H3,(H2,8,12)(H,10,11)/t5-/m1/s1. The minimum Gasteiger partial charge on any atom is -0.368 e. The lowest BCUT2D eigenvalue weighted by Gasteiger charge is -2.08. The summed E-state index contributed by atoms with van der Waals surface area (Å²) in [5.41, 5.74) is 5.03. The monoisotopic (exact) mass is 166 g/mol. The van der Waals surface area contributed by atoms with E-state index in [4.69, 9.17) is 5.73 Å². The molecule has 0 aliphatic carbocycles. The number of carbonyl (C=O) groups is 1. The molecule has 3 N–H and O–H groups in total. The molecule has 0 aliphatic heterocycles. The molecule has 0 fully saturated rings. The molecular weight excluding hydrogens is 156 g/mol. The van der Waals surface area contributed by atoms with E-state index >= 15 is 0 Å². The van der Waals surface area contributed by atoms with Crippen LogP contribution in [0.4, 0.5) is 5.82 Å². The Hall–Kier alpha value is -1.65. The van der Waals surface area contributed by atoms with Crippen LogP contribution in [-0.4, -0.2) is 21.9 Å². The summed E-state index contributed by atoms with van der Waals surface area (Å²) in [5.74, 6) is 0.129. The number of carbonyl (C=O) groups excluding carboxylic acids is 1. The molecule has 0 aromatic carbocycles. The Labute approximate surface area is 70.0 Å². The van der Waals surface area contributed by atoms with Gasteiger partial charge < -0.3 is 11.1 Å². The van der Waals surface area contributed by atoms with Crippen LogP contribution in [0.15, 0.2) is 18.6 Å². The second-order valence-corrected chi connectivity index (χ2v) is 2.36. The minimum atomic E-state index is -0.429. The van der Waals surface area contributed by atoms with Gasteiger partial charge in [-0.1, -0.05) is 0 Å². The summed E-state index contributed by atoms with van der Waals surface area (Å²) in [6, 6.07) is -0.429. The van der Waals surface area contributed by atoms with Crippen LogP contribution in [-0.2, 0) is 4.79 Å². The molecule has 0 saturated carbocycles. The van der Waals surface area contributed by atoms with Crippen LogP contribution in [0.5, 0.6) is 0 Å². The largest absolute Gasteiger partial charge is 0.368 e. The molecule has 1 rings (SSSR count). The Morgan fingerprint density at radius 2 is 2.42 bits per heavy atom. The molecule has 64 valence electrons. The molecule has 0 aliphatic rings. The summed E-state index contributed by atoms with van der Waals surface area (Å²) in [6.07, 6.45) is 4.62. The smallest absolute Gasteiger partial charge is 0.239 e. The maximum Gasteiger partial charge on any atom is 0.239 e. The van der Waals surface area contributed by atoms with Crippen molar-refractivity contribution < 1.29 is 4.79 Å². The maximum absolute atomic E-state index is 10.6. The van der Waals surface area contributed by atoms with E-state index in [-0.39, 0.29) is 0 Å². The van der Waals surface area contributed by atoms with Crippen LogP contribution < -0.4 is 11.1 Å². The summed E-state index contributed by atoms with van der Waals surface area (Å²) in [6.45, 7) is 1.66. The van der Waals surface area contributed by atoms with Crippen LogP contribution in [0.3, 0.4) is 0 Å². The van der Waals surface area contributed by atoms with Crippen molar-refractivity contribution in [3.05, 3.63) is 18.6 Å². The van der Waals surface area contributed by atoms with E-state index in [1.807, 2.05) is 0 Å². The highest BCUT2D eigenvalue weighted by atomic mass is 16.1. The van der Waals surface area contributed by atoms with Gasteiger partial charge in [0.15, 0.2) is 0 Å². The van der Waals surface area contributed by atoms with Crippen molar-refractivity contribution in [2.45, 2.75) is 13.0 Å². The van der Waals surface area contributed by atoms with E-state index in [9.17, 15) is 4.79 Å². The molecule has 0 unspecified atom stereocenters. The van der Waals surface area contributed by atoms with Crippen molar-refractivity contribution in [1.82, 2.24) is 9.97 Å². The fourth-order valence-corrected chi connectivity index (χ4v) is 0.667. The molecule has 1 heterocycles. The summed E-state index contributed by atoms with van der Waals surface area (Å²) in [7, 11) is 0. The van der Waals surface area contributed by atoms with Crippen molar-refractivity contribution in [3.63, 3.8) is 0 Å². The number of hydrogen-bond donors (Lipinski definition) is 2. The van der Waals surface area contributed by atoms with Gasteiger partial charge in [0, 0.05) is 12.4 Å². The number of amides is 1. The van der Waals surface area contributed by atoms with Crippen LogP contribution in [0.25, 0.3) is 0 Å². The van der Waals surface area contributed by atoms with Gasteiger partial charge in [0.25, 0.3) is 0 Å². The van der Waals surface area contributed by atoms with Gasteiger partial charge in [0.05, 0.1) is 6.20 Å². The van der Waals surface area contributed by atoms with Gasteiger partial charge in [-0.15, -0.1) is 0 Å². The average Bonchev–Trinajstić information content (AvgIpc) is 2.06. The third kappa shape index (κ3) is 2.19. The first-order valence-corrected chi connectivity index (χ1v) is 3.52. The quantitative estimate of drug-likeness (QED) is 0.649. The minimum absolute atomic E-state index is 0.416. The SMILES string of the molecule is C[C@@H](Nc1cnccn1)C(N)=O. The summed E-state index contributed by atoms with van der Waals surface area (Å²) in [5, 5.41) is 2.79. The van der Waals surface area contributed by atoms with E-state index in [1.165, 1.54) is 12.4 Å². The van der Waals surface area contributed by atoms with Gasteiger partial charge in [-0.3, -0.25) is 9.78 Å². The first-order chi connectivity index (χ1) is 5.70. The van der Waals surface area contributed by atoms with Gasteiger partial charge >= 0.3 is 0 Å². The van der Waals surface area contributed by atoms with Crippen LogP contribution in [0.1, 0.15) is 6.92 Å². The number of anilines is 1. The zero-order chi connectivity index (χ0) is 8.97. The molecule has 1 amide bonds. The molecule has 1 aromatic rings. The lowest BCUT2D eigenvalue weighted by molar-refractivity contribution is -0.118. The van der Waals surface area contributed by atoms with E-state index in [0.717, 1.165) is 0 Å². The Kier molecular flexibility index (Phi) is 2.57. The van der Waals surface area contributed by atoms with Crippen molar-refractivity contribution in [2.75, 3.05) is 5.32 Å². The summed E-state index contributed by atoms with van der Waals surface area (Å²) < 4.78 is 0. The van der Waals surface area contributed by atoms with Crippen molar-refractivity contribution in [2.24, 2.45) is 5.73 Å². The number of nitrogens with zero attached hydrogens (tertiary/aromatic N) is 2. The van der Waals surface area contributed by atoms with Crippen LogP contribution >= 0.6 is 0 Å². The molecule has 0 bridgehead atoms. The Morgan fingerprint density at radius 3 is 2.92 bits per heavy atom. The molecule has 5 heteroatoms. The average molecular weight is 166 g/mol. The van der Waals surface area contributed by atoms with Gasteiger partial charge in [0.2, 0.25) is 5.91 Å². The Balaban J connectivity index is 2.58. The third-order valence-corrected chi connectivity index (χ3v) is 1.35. The van der Waals surface area contributed by atoms with Gasteiger partial charge in [0.1, 0.15) is 11.9 Å². The molecule has 1 atom stereocenters. The highest BCUT2D eigenvalue weighted by molar-refractivity contribution is 5.81. The number of nitrogens with one attached hydrogen (secondary N) is 1. The fraction of sp³-hybridized carbons (Fsp3) is 0.286. The lowest BCUT2D eigenvalue weighted by atomic mass is 10.3. The Bertz CT molecular complexity index is 261. The fourth-order valence-electron chi connectivity index (χ4n) is 0.667. The van der Waals surface area contributed by atoms with Crippen molar-refractivity contribution in [1.29, 1.82) is 0 Å². The Morgan fingerprint density at radius 1 is 1.67 bits per heavy atom. The number of primary amides is 1. The lowest BCUT2D eigenvalue weighted by Crippen LogP contribution is -2.32. The van der Waals surface area contributed by atoms with E-state index in [1.54, 1.807) is 13.1 Å². The normalized spacial score (nSPS) is 12.1. The third-order valence-electron chi connectivity index (χ3n) is 1.35. The predicted molar refractivity (Wildman–Crippen MR) is 44.3 cm³/mol. The second-order valence-electron chi connectivity index (χ2n) is 2.36. The van der Waals surface area contributed by atoms with Crippen LogP contribution in [0, 0.1) is 0 Å². The molecule has 0 saturated heterocycles. The molecular formula is C7H10N4O. The van der Waals surface area contributed by atoms with E-state index in [0.29, 0.717) is 5.82 Å². The number of aromatic nitrogens is 2. The zero-order valence-electron chi connectivity index (χ0n) is 6.69. The molecule has 12 heavy (non-hydrogen) atoms. The van der Waals surface area contributed by atoms with Crippen molar-refractivity contribution in [3.8, 4) is 0 Å². The second kappa shape index (κ2) is 3.66. The first kappa shape index (κ1) is 8.45. The predicted octanol–water partition coefficient (Wildman–Crippen LogP) is -0.238. The highest BCUT2D eigenvalue weighted by Crippen LogP contribution is 1.99.